The summed E-state index contributed by atoms with van der Waals surface area (Å²) in [5.74, 6) is -0.131. The highest BCUT2D eigenvalue weighted by molar-refractivity contribution is 5.88. The lowest BCUT2D eigenvalue weighted by molar-refractivity contribution is -0.134. The number of carbonyl (C=O) groups excluding carboxylic acids is 2. The molecule has 7 heteroatoms. The van der Waals surface area contributed by atoms with Crippen LogP contribution in [0.25, 0.3) is 0 Å². The third kappa shape index (κ3) is 5.52. The molecule has 0 saturated carbocycles. The summed E-state index contributed by atoms with van der Waals surface area (Å²) < 4.78 is 0. The molecular formula is C21H33N5O2. The number of carbonyl (C=O) groups is 2. The van der Waals surface area contributed by atoms with Gasteiger partial charge in [0.05, 0.1) is 12.5 Å². The number of nitrogens with one attached hydrogen (secondary N) is 3. The van der Waals surface area contributed by atoms with Crippen LogP contribution in [0.3, 0.4) is 0 Å². The van der Waals surface area contributed by atoms with Crippen molar-refractivity contribution in [1.29, 1.82) is 0 Å². The van der Waals surface area contributed by atoms with Gasteiger partial charge in [0.25, 0.3) is 0 Å². The molecule has 0 aliphatic carbocycles. The summed E-state index contributed by atoms with van der Waals surface area (Å²) in [7, 11) is 0. The van der Waals surface area contributed by atoms with E-state index in [1.165, 1.54) is 0 Å². The molecule has 1 aromatic rings. The average molecular weight is 388 g/mol. The topological polar surface area (TPSA) is 86.4 Å². The van der Waals surface area contributed by atoms with Crippen molar-refractivity contribution in [2.75, 3.05) is 13.1 Å². The van der Waals surface area contributed by atoms with E-state index >= 15 is 0 Å². The van der Waals surface area contributed by atoms with Crippen LogP contribution >= 0.6 is 0 Å². The highest BCUT2D eigenvalue weighted by Crippen LogP contribution is 2.28. The summed E-state index contributed by atoms with van der Waals surface area (Å²) in [6.07, 6.45) is 5.47. The van der Waals surface area contributed by atoms with Crippen molar-refractivity contribution in [3.63, 3.8) is 0 Å². The van der Waals surface area contributed by atoms with Crippen LogP contribution in [-0.2, 0) is 16.1 Å². The Morgan fingerprint density at radius 1 is 1.29 bits per heavy atom. The Kier molecular flexibility index (Phi) is 6.05. The van der Waals surface area contributed by atoms with Gasteiger partial charge in [0.1, 0.15) is 0 Å². The fourth-order valence-corrected chi connectivity index (χ4v) is 4.79. The predicted octanol–water partition coefficient (Wildman–Crippen LogP) is 1.20. The summed E-state index contributed by atoms with van der Waals surface area (Å²) in [6, 6.07) is 3.55. The molecule has 2 amide bonds. The van der Waals surface area contributed by atoms with E-state index in [1.54, 1.807) is 6.20 Å². The maximum Gasteiger partial charge on any atom is 0.237 e. The predicted molar refractivity (Wildman–Crippen MR) is 109 cm³/mol. The molecular weight excluding hydrogens is 354 g/mol. The van der Waals surface area contributed by atoms with Crippen LogP contribution < -0.4 is 16.0 Å². The quantitative estimate of drug-likeness (QED) is 0.707. The number of nitrogens with zero attached hydrogens (tertiary/aromatic N) is 2. The van der Waals surface area contributed by atoms with Crippen LogP contribution in [0.4, 0.5) is 0 Å². The van der Waals surface area contributed by atoms with Gasteiger partial charge in [-0.1, -0.05) is 6.07 Å². The lowest BCUT2D eigenvalue weighted by atomic mass is 9.79. The Morgan fingerprint density at radius 3 is 2.64 bits per heavy atom. The van der Waals surface area contributed by atoms with E-state index < -0.39 is 6.04 Å². The Balaban J connectivity index is 1.62. The monoisotopic (exact) mass is 387 g/mol. The highest BCUT2D eigenvalue weighted by Gasteiger charge is 2.39. The molecule has 3 N–H and O–H groups in total. The van der Waals surface area contributed by atoms with Gasteiger partial charge in [0.2, 0.25) is 11.8 Å². The number of piperazine rings is 1. The minimum absolute atomic E-state index is 0.0335. The number of pyridine rings is 1. The van der Waals surface area contributed by atoms with Crippen LogP contribution in [0.2, 0.25) is 0 Å². The summed E-state index contributed by atoms with van der Waals surface area (Å²) in [6.45, 7) is 10.6. The molecule has 154 valence electrons. The van der Waals surface area contributed by atoms with E-state index in [-0.39, 0.29) is 35.4 Å². The number of rotatable bonds is 5. The first-order chi connectivity index (χ1) is 13.1. The van der Waals surface area contributed by atoms with Gasteiger partial charge in [-0.3, -0.25) is 19.5 Å². The van der Waals surface area contributed by atoms with Crippen molar-refractivity contribution in [3.05, 3.63) is 30.1 Å². The molecule has 2 saturated heterocycles. The van der Waals surface area contributed by atoms with E-state index in [1.807, 2.05) is 18.3 Å². The third-order valence-electron chi connectivity index (χ3n) is 5.48. The van der Waals surface area contributed by atoms with E-state index in [0.717, 1.165) is 24.9 Å². The Morgan fingerprint density at radius 2 is 2.00 bits per heavy atom. The SMILES string of the molecule is CC1(C)CC(NC(=O)C[C@H]2C(=O)NCCN2Cc2cccnc2)CC(C)(C)N1. The number of aromatic nitrogens is 1. The number of amides is 2. The molecule has 0 unspecified atom stereocenters. The van der Waals surface area contributed by atoms with Crippen molar-refractivity contribution in [2.45, 2.75) is 76.7 Å². The molecule has 2 aliphatic heterocycles. The molecule has 2 fully saturated rings. The fourth-order valence-electron chi connectivity index (χ4n) is 4.79. The van der Waals surface area contributed by atoms with Gasteiger partial charge in [-0.15, -0.1) is 0 Å². The van der Waals surface area contributed by atoms with Crippen molar-refractivity contribution in [3.8, 4) is 0 Å². The van der Waals surface area contributed by atoms with Crippen molar-refractivity contribution in [1.82, 2.24) is 25.8 Å². The van der Waals surface area contributed by atoms with Gasteiger partial charge in [0.15, 0.2) is 0 Å². The number of piperidine rings is 1. The fraction of sp³-hybridized carbons (Fsp3) is 0.667. The Bertz CT molecular complexity index is 688. The maximum atomic E-state index is 12.8. The smallest absolute Gasteiger partial charge is 0.237 e. The molecule has 28 heavy (non-hydrogen) atoms. The highest BCUT2D eigenvalue weighted by atomic mass is 16.2. The second-order valence-corrected chi connectivity index (χ2v) is 9.41. The van der Waals surface area contributed by atoms with E-state index in [9.17, 15) is 9.59 Å². The second-order valence-electron chi connectivity index (χ2n) is 9.41. The van der Waals surface area contributed by atoms with E-state index in [0.29, 0.717) is 13.1 Å². The molecule has 0 radical (unpaired) electrons. The van der Waals surface area contributed by atoms with Crippen molar-refractivity contribution < 1.29 is 9.59 Å². The molecule has 1 atom stereocenters. The number of hydrogen-bond acceptors (Lipinski definition) is 5. The van der Waals surface area contributed by atoms with Crippen LogP contribution in [0.5, 0.6) is 0 Å². The normalized spacial score (nSPS) is 25.1. The standard InChI is InChI=1S/C21H33N5O2/c1-20(2)11-16(12-21(3,4)25-20)24-18(27)10-17-19(28)23-8-9-26(17)14-15-6-5-7-22-13-15/h5-7,13,16-17,25H,8-12,14H2,1-4H3,(H,23,28)(H,24,27)/t17-/m0/s1. The largest absolute Gasteiger partial charge is 0.353 e. The Hall–Kier alpha value is -1.99. The molecule has 0 aromatic carbocycles. The first-order valence-corrected chi connectivity index (χ1v) is 10.1. The molecule has 3 heterocycles. The zero-order chi connectivity index (χ0) is 20.4. The molecule has 7 nitrogen and oxygen atoms in total. The van der Waals surface area contributed by atoms with Gasteiger partial charge < -0.3 is 16.0 Å². The van der Waals surface area contributed by atoms with E-state index in [4.69, 9.17) is 0 Å². The van der Waals surface area contributed by atoms with E-state index in [2.05, 4.69) is 53.5 Å². The first-order valence-electron chi connectivity index (χ1n) is 10.1. The molecule has 2 aliphatic rings. The summed E-state index contributed by atoms with van der Waals surface area (Å²) in [4.78, 5) is 31.5. The van der Waals surface area contributed by atoms with Crippen LogP contribution in [0, 0.1) is 0 Å². The van der Waals surface area contributed by atoms with Crippen molar-refractivity contribution in [2.24, 2.45) is 0 Å². The van der Waals surface area contributed by atoms with Gasteiger partial charge in [0, 0.05) is 49.1 Å². The maximum absolute atomic E-state index is 12.8. The van der Waals surface area contributed by atoms with Gasteiger partial charge >= 0.3 is 0 Å². The van der Waals surface area contributed by atoms with Crippen LogP contribution in [-0.4, -0.2) is 57.9 Å². The minimum Gasteiger partial charge on any atom is -0.353 e. The average Bonchev–Trinajstić information content (AvgIpc) is 2.56. The Labute approximate surface area is 167 Å². The lowest BCUT2D eigenvalue weighted by Crippen LogP contribution is -2.62. The molecule has 0 spiro atoms. The minimum atomic E-state index is -0.448. The molecule has 0 bridgehead atoms. The first kappa shape index (κ1) is 20.7. The number of hydrogen-bond donors (Lipinski definition) is 3. The third-order valence-corrected chi connectivity index (χ3v) is 5.48. The van der Waals surface area contributed by atoms with Gasteiger partial charge in [-0.25, -0.2) is 0 Å². The van der Waals surface area contributed by atoms with Crippen LogP contribution in [0.15, 0.2) is 24.5 Å². The van der Waals surface area contributed by atoms with Crippen molar-refractivity contribution >= 4 is 11.8 Å². The summed E-state index contributed by atoms with van der Waals surface area (Å²) >= 11 is 0. The van der Waals surface area contributed by atoms with Gasteiger partial charge in [-0.05, 0) is 52.2 Å². The molecule has 3 rings (SSSR count). The lowest BCUT2D eigenvalue weighted by Gasteiger charge is -2.46. The molecule has 1 aromatic heterocycles. The zero-order valence-electron chi connectivity index (χ0n) is 17.4. The second kappa shape index (κ2) is 8.17. The van der Waals surface area contributed by atoms with Crippen LogP contribution in [0.1, 0.15) is 52.5 Å². The summed E-state index contributed by atoms with van der Waals surface area (Å²) in [5, 5.41) is 9.71. The zero-order valence-corrected chi connectivity index (χ0v) is 17.4. The summed E-state index contributed by atoms with van der Waals surface area (Å²) in [5.41, 5.74) is 0.979. The van der Waals surface area contributed by atoms with Gasteiger partial charge in [-0.2, -0.15) is 0 Å².